The van der Waals surface area contributed by atoms with E-state index in [4.69, 9.17) is 4.74 Å². The number of esters is 1. The Balaban J connectivity index is 2.45. The first-order chi connectivity index (χ1) is 24.9. The van der Waals surface area contributed by atoms with E-state index in [1.54, 1.807) is 11.8 Å². The van der Waals surface area contributed by atoms with E-state index in [1.165, 1.54) is 57.8 Å². The van der Waals surface area contributed by atoms with Gasteiger partial charge in [-0.05, 0) is 80.1 Å². The lowest BCUT2D eigenvalue weighted by Crippen LogP contribution is -2.45. The van der Waals surface area contributed by atoms with Crippen LogP contribution in [0.1, 0.15) is 188 Å². The van der Waals surface area contributed by atoms with Gasteiger partial charge in [0.2, 0.25) is 0 Å². The molecule has 0 aromatic heterocycles. The number of thioether (sulfide) groups is 1. The summed E-state index contributed by atoms with van der Waals surface area (Å²) in [6.07, 6.45) is 12.6. The van der Waals surface area contributed by atoms with Crippen molar-refractivity contribution >= 4 is 23.7 Å². The molecule has 0 aliphatic rings. The predicted molar refractivity (Wildman–Crippen MR) is 229 cm³/mol. The molecule has 2 aromatic rings. The molecule has 2 aromatic carbocycles. The first-order valence-corrected chi connectivity index (χ1v) is 21.7. The molecule has 0 atom stereocenters. The number of unbranched alkanes of at least 4 members (excludes halogenated alkanes) is 9. The SMILES string of the molecule is CCCCCCCCCCCCSCCOC(=O)C(Cc1cc(C(C)(C)C)c(O)c(C(C)(C)C)c1)(Cc1cc(C(C)(C)C)c(O)c(C(C)(C)C)c1)C(=O)O. The quantitative estimate of drug-likeness (QED) is 0.0700. The van der Waals surface area contributed by atoms with Crippen LogP contribution >= 0.6 is 11.8 Å². The van der Waals surface area contributed by atoms with E-state index in [0.29, 0.717) is 39.1 Å². The largest absolute Gasteiger partial charge is 0.507 e. The van der Waals surface area contributed by atoms with Gasteiger partial charge >= 0.3 is 11.9 Å². The highest BCUT2D eigenvalue weighted by atomic mass is 32.2. The molecule has 0 saturated heterocycles. The number of rotatable bonds is 20. The van der Waals surface area contributed by atoms with E-state index in [2.05, 4.69) is 6.92 Å². The summed E-state index contributed by atoms with van der Waals surface area (Å²) in [4.78, 5) is 28.1. The number of carbonyl (C=O) groups is 2. The maximum atomic E-state index is 14.4. The fourth-order valence-electron chi connectivity index (χ4n) is 7.15. The maximum absolute atomic E-state index is 14.4. The van der Waals surface area contributed by atoms with Gasteiger partial charge in [0, 0.05) is 5.75 Å². The topological polar surface area (TPSA) is 104 Å². The molecule has 7 heteroatoms. The Hall–Kier alpha value is -2.67. The molecule has 3 N–H and O–H groups in total. The van der Waals surface area contributed by atoms with Gasteiger partial charge in [-0.3, -0.25) is 9.59 Å². The van der Waals surface area contributed by atoms with Crippen LogP contribution in [0, 0.1) is 5.41 Å². The summed E-state index contributed by atoms with van der Waals surface area (Å²) in [7, 11) is 0. The summed E-state index contributed by atoms with van der Waals surface area (Å²) in [5.41, 5.74) is 0.444. The maximum Gasteiger partial charge on any atom is 0.324 e. The average Bonchev–Trinajstić information content (AvgIpc) is 3.03. The van der Waals surface area contributed by atoms with Crippen LogP contribution in [0.15, 0.2) is 24.3 Å². The standard InChI is InChI=1S/C47H76O6S/c1-14-15-16-17-18-19-20-21-22-23-25-54-26-24-53-42(52)47(41(50)51,31-33-27-35(43(2,3)4)39(48)36(28-33)44(5,6)7)32-34-29-37(45(8,9)10)40(49)38(30-34)46(11,12)13/h27-30,48-49H,14-26,31-32H2,1-13H3,(H,50,51). The van der Waals surface area contributed by atoms with Gasteiger partial charge in [-0.2, -0.15) is 11.8 Å². The van der Waals surface area contributed by atoms with Crippen molar-refractivity contribution in [1.29, 1.82) is 0 Å². The van der Waals surface area contributed by atoms with Crippen molar-refractivity contribution in [3.05, 3.63) is 57.6 Å². The zero-order valence-electron chi connectivity index (χ0n) is 36.4. The van der Waals surface area contributed by atoms with Gasteiger partial charge < -0.3 is 20.1 Å². The molecule has 0 amide bonds. The monoisotopic (exact) mass is 769 g/mol. The number of benzene rings is 2. The lowest BCUT2D eigenvalue weighted by atomic mass is 9.71. The van der Waals surface area contributed by atoms with Crippen LogP contribution in [0.4, 0.5) is 0 Å². The van der Waals surface area contributed by atoms with Crippen molar-refractivity contribution in [3.63, 3.8) is 0 Å². The van der Waals surface area contributed by atoms with Gasteiger partial charge in [-0.1, -0.05) is 172 Å². The molecule has 0 fully saturated rings. The third kappa shape index (κ3) is 13.8. The summed E-state index contributed by atoms with van der Waals surface area (Å²) < 4.78 is 5.91. The second-order valence-corrected chi connectivity index (χ2v) is 21.0. The molecule has 306 valence electrons. The van der Waals surface area contributed by atoms with Crippen molar-refractivity contribution in [2.24, 2.45) is 5.41 Å². The van der Waals surface area contributed by atoms with Gasteiger partial charge in [0.05, 0.1) is 0 Å². The number of carboxylic acids is 1. The molecule has 0 saturated carbocycles. The molecule has 2 rings (SSSR count). The molecule has 0 unspecified atom stereocenters. The van der Waals surface area contributed by atoms with Crippen LogP contribution in [0.5, 0.6) is 11.5 Å². The van der Waals surface area contributed by atoms with Crippen molar-refractivity contribution in [2.75, 3.05) is 18.1 Å². The molecule has 0 radical (unpaired) electrons. The summed E-state index contributed by atoms with van der Waals surface area (Å²) in [6, 6.07) is 7.43. The summed E-state index contributed by atoms with van der Waals surface area (Å²) in [5, 5.41) is 34.0. The summed E-state index contributed by atoms with van der Waals surface area (Å²) in [6.45, 7) is 26.6. The van der Waals surface area contributed by atoms with Crippen LogP contribution in [-0.4, -0.2) is 45.4 Å². The van der Waals surface area contributed by atoms with Gasteiger partial charge in [-0.25, -0.2) is 0 Å². The minimum Gasteiger partial charge on any atom is -0.507 e. The van der Waals surface area contributed by atoms with Gasteiger partial charge in [0.15, 0.2) is 5.41 Å². The number of aliphatic carboxylic acids is 1. The number of ether oxygens (including phenoxy) is 1. The molecule has 0 spiro atoms. The van der Waals surface area contributed by atoms with Crippen molar-refractivity contribution in [1.82, 2.24) is 0 Å². The number of phenolic OH excluding ortho intramolecular Hbond substituents is 2. The van der Waals surface area contributed by atoms with Crippen LogP contribution < -0.4 is 0 Å². The van der Waals surface area contributed by atoms with Crippen molar-refractivity contribution < 1.29 is 29.6 Å². The first kappa shape index (κ1) is 47.5. The fraction of sp³-hybridized carbons (Fsp3) is 0.702. The van der Waals surface area contributed by atoms with E-state index in [-0.39, 0.29) is 30.9 Å². The number of carboxylic acid groups (broad SMARTS) is 1. The van der Waals surface area contributed by atoms with E-state index in [1.807, 2.05) is 107 Å². The highest BCUT2D eigenvalue weighted by Crippen LogP contribution is 2.44. The molecule has 0 aliphatic carbocycles. The van der Waals surface area contributed by atoms with Crippen molar-refractivity contribution in [2.45, 2.75) is 189 Å². The minimum absolute atomic E-state index is 0.115. The van der Waals surface area contributed by atoms with Crippen LogP contribution in [0.2, 0.25) is 0 Å². The van der Waals surface area contributed by atoms with Crippen LogP contribution in [0.3, 0.4) is 0 Å². The van der Waals surface area contributed by atoms with Crippen LogP contribution in [0.25, 0.3) is 0 Å². The Morgan fingerprint density at radius 3 is 1.20 bits per heavy atom. The Bertz CT molecular complexity index is 1360. The van der Waals surface area contributed by atoms with E-state index in [0.717, 1.165) is 12.2 Å². The smallest absolute Gasteiger partial charge is 0.324 e. The number of aromatic hydroxyl groups is 2. The number of hydrogen-bond acceptors (Lipinski definition) is 6. The Kier molecular flexibility index (Phi) is 17.6. The van der Waals surface area contributed by atoms with Gasteiger partial charge in [0.1, 0.15) is 18.1 Å². The minimum atomic E-state index is -1.95. The lowest BCUT2D eigenvalue weighted by Gasteiger charge is -2.32. The zero-order chi connectivity index (χ0) is 41.1. The molecule has 54 heavy (non-hydrogen) atoms. The molecule has 0 heterocycles. The summed E-state index contributed by atoms with van der Waals surface area (Å²) in [5.74, 6) is -0.0391. The third-order valence-electron chi connectivity index (χ3n) is 10.5. The van der Waals surface area contributed by atoms with E-state index >= 15 is 0 Å². The Morgan fingerprint density at radius 1 is 0.556 bits per heavy atom. The second-order valence-electron chi connectivity index (χ2n) is 19.8. The molecule has 0 bridgehead atoms. The Morgan fingerprint density at radius 2 is 0.889 bits per heavy atom. The highest BCUT2D eigenvalue weighted by molar-refractivity contribution is 7.99. The molecular formula is C47H76O6S. The zero-order valence-corrected chi connectivity index (χ0v) is 37.2. The average molecular weight is 769 g/mol. The number of hydrogen-bond donors (Lipinski definition) is 3. The van der Waals surface area contributed by atoms with E-state index in [9.17, 15) is 24.9 Å². The second kappa shape index (κ2) is 20.0. The molecule has 6 nitrogen and oxygen atoms in total. The van der Waals surface area contributed by atoms with Gasteiger partial charge in [-0.15, -0.1) is 0 Å². The van der Waals surface area contributed by atoms with Crippen LogP contribution in [-0.2, 0) is 48.8 Å². The number of carbonyl (C=O) groups excluding carboxylic acids is 1. The first-order valence-electron chi connectivity index (χ1n) is 20.6. The van der Waals surface area contributed by atoms with E-state index < -0.39 is 39.0 Å². The lowest BCUT2D eigenvalue weighted by molar-refractivity contribution is -0.168. The normalized spacial score (nSPS) is 13.0. The number of phenols is 2. The van der Waals surface area contributed by atoms with Crippen molar-refractivity contribution in [3.8, 4) is 11.5 Å². The fourth-order valence-corrected chi connectivity index (χ4v) is 7.96. The predicted octanol–water partition coefficient (Wildman–Crippen LogP) is 12.3. The third-order valence-corrected chi connectivity index (χ3v) is 11.5. The molecule has 0 aliphatic heterocycles. The molecular weight excluding hydrogens is 693 g/mol. The van der Waals surface area contributed by atoms with Gasteiger partial charge in [0.25, 0.3) is 0 Å². The summed E-state index contributed by atoms with van der Waals surface area (Å²) >= 11 is 1.74. The highest BCUT2D eigenvalue weighted by Gasteiger charge is 2.49. The Labute approximate surface area is 333 Å².